The number of hydrogen-bond donors (Lipinski definition) is 1. The zero-order valence-corrected chi connectivity index (χ0v) is 23.1. The largest absolute Gasteiger partial charge is 0.507 e. The van der Waals surface area contributed by atoms with Gasteiger partial charge < -0.3 is 19.5 Å². The first-order chi connectivity index (χ1) is 19.4. The summed E-state index contributed by atoms with van der Waals surface area (Å²) in [4.78, 5) is 30.7. The maximum absolute atomic E-state index is 13.4. The molecule has 3 aromatic rings. The van der Waals surface area contributed by atoms with Crippen LogP contribution in [0, 0.1) is 13.8 Å². The lowest BCUT2D eigenvalue weighted by Crippen LogP contribution is -2.38. The van der Waals surface area contributed by atoms with Crippen LogP contribution < -0.4 is 4.74 Å². The van der Waals surface area contributed by atoms with E-state index in [0.717, 1.165) is 41.9 Å². The number of amides is 1. The number of Topliss-reactive ketones (excluding diaryl/α,β-unsaturated/α-hetero) is 1. The molecule has 2 aliphatic rings. The number of nitrogens with zero attached hydrogens (tertiary/aromatic N) is 2. The summed E-state index contributed by atoms with van der Waals surface area (Å²) in [5.41, 5.74) is 4.31. The summed E-state index contributed by atoms with van der Waals surface area (Å²) in [6.45, 7) is 8.61. The van der Waals surface area contributed by atoms with E-state index in [-0.39, 0.29) is 11.3 Å². The molecule has 0 aromatic heterocycles. The lowest BCUT2D eigenvalue weighted by molar-refractivity contribution is -0.140. The van der Waals surface area contributed by atoms with Crippen molar-refractivity contribution < 1.29 is 24.2 Å². The Bertz CT molecular complexity index is 1380. The third-order valence-corrected chi connectivity index (χ3v) is 7.61. The lowest BCUT2D eigenvalue weighted by atomic mass is 9.93. The van der Waals surface area contributed by atoms with E-state index in [0.29, 0.717) is 44.1 Å². The Labute approximate surface area is 235 Å². The number of likely N-dealkylation sites (tertiary alicyclic amines) is 1. The molecule has 7 nitrogen and oxygen atoms in total. The van der Waals surface area contributed by atoms with Gasteiger partial charge in [0.2, 0.25) is 0 Å². The molecule has 3 aromatic carbocycles. The Kier molecular flexibility index (Phi) is 8.63. The van der Waals surface area contributed by atoms with E-state index in [2.05, 4.69) is 4.90 Å². The maximum atomic E-state index is 13.4. The van der Waals surface area contributed by atoms with Gasteiger partial charge in [-0.2, -0.15) is 0 Å². The molecule has 2 aliphatic heterocycles. The van der Waals surface area contributed by atoms with Gasteiger partial charge in [-0.25, -0.2) is 0 Å². The molecule has 1 amide bonds. The van der Waals surface area contributed by atoms with Crippen molar-refractivity contribution >= 4 is 17.4 Å². The van der Waals surface area contributed by atoms with Crippen LogP contribution in [0.5, 0.6) is 5.75 Å². The fraction of sp³-hybridized carbons (Fsp3) is 0.333. The fourth-order valence-corrected chi connectivity index (χ4v) is 5.37. The average Bonchev–Trinajstić information content (AvgIpc) is 3.23. The van der Waals surface area contributed by atoms with Gasteiger partial charge in [-0.15, -0.1) is 0 Å². The Morgan fingerprint density at radius 1 is 0.950 bits per heavy atom. The molecule has 2 fully saturated rings. The van der Waals surface area contributed by atoms with Crippen LogP contribution in [-0.4, -0.2) is 66.0 Å². The van der Waals surface area contributed by atoms with Crippen molar-refractivity contribution in [2.75, 3.05) is 39.4 Å². The molecule has 0 saturated carbocycles. The van der Waals surface area contributed by atoms with Gasteiger partial charge in [0.05, 0.1) is 24.8 Å². The fourth-order valence-electron chi connectivity index (χ4n) is 5.37. The number of aryl methyl sites for hydroxylation is 2. The van der Waals surface area contributed by atoms with Gasteiger partial charge in [-0.1, -0.05) is 60.2 Å². The van der Waals surface area contributed by atoms with Crippen molar-refractivity contribution in [1.82, 2.24) is 9.80 Å². The summed E-state index contributed by atoms with van der Waals surface area (Å²) in [6, 6.07) is 22.4. The topological polar surface area (TPSA) is 79.3 Å². The van der Waals surface area contributed by atoms with Crippen LogP contribution in [0.25, 0.3) is 5.76 Å². The van der Waals surface area contributed by atoms with Gasteiger partial charge >= 0.3 is 0 Å². The quantitative estimate of drug-likeness (QED) is 0.233. The number of ether oxygens (including phenoxy) is 2. The minimum atomic E-state index is -0.687. The van der Waals surface area contributed by atoms with E-state index in [1.165, 1.54) is 0 Å². The number of carbonyl (C=O) groups excluding carboxylic acids is 2. The summed E-state index contributed by atoms with van der Waals surface area (Å²) in [5.74, 6) is -0.682. The first-order valence-corrected chi connectivity index (χ1v) is 13.8. The number of carbonyl (C=O) groups is 2. The molecule has 0 spiro atoms. The number of rotatable bonds is 9. The minimum Gasteiger partial charge on any atom is -0.507 e. The Morgan fingerprint density at radius 2 is 1.68 bits per heavy atom. The number of aliphatic hydroxyl groups excluding tert-OH is 1. The van der Waals surface area contributed by atoms with E-state index < -0.39 is 17.7 Å². The number of morpholine rings is 1. The first-order valence-electron chi connectivity index (χ1n) is 13.8. The van der Waals surface area contributed by atoms with E-state index in [4.69, 9.17) is 9.47 Å². The van der Waals surface area contributed by atoms with Crippen molar-refractivity contribution in [1.29, 1.82) is 0 Å². The highest BCUT2D eigenvalue weighted by atomic mass is 16.5. The third-order valence-electron chi connectivity index (χ3n) is 7.61. The van der Waals surface area contributed by atoms with Crippen LogP contribution in [0.1, 0.15) is 40.3 Å². The molecule has 7 heteroatoms. The Balaban J connectivity index is 1.44. The van der Waals surface area contributed by atoms with E-state index in [1.807, 2.05) is 86.6 Å². The smallest absolute Gasteiger partial charge is 0.295 e. The summed E-state index contributed by atoms with van der Waals surface area (Å²) >= 11 is 0. The highest BCUT2D eigenvalue weighted by Crippen LogP contribution is 2.40. The normalized spacial score (nSPS) is 19.2. The average molecular weight is 541 g/mol. The molecule has 1 N–H and O–H groups in total. The molecule has 0 aliphatic carbocycles. The molecule has 0 bridgehead atoms. The van der Waals surface area contributed by atoms with Crippen molar-refractivity contribution in [3.05, 3.63) is 106 Å². The predicted octanol–water partition coefficient (Wildman–Crippen LogP) is 5.03. The number of ketones is 1. The highest BCUT2D eigenvalue weighted by Gasteiger charge is 2.46. The Hall–Kier alpha value is -3.94. The van der Waals surface area contributed by atoms with Crippen molar-refractivity contribution in [3.63, 3.8) is 0 Å². The molecular formula is C33H36N2O5. The molecule has 1 unspecified atom stereocenters. The second-order valence-corrected chi connectivity index (χ2v) is 10.5. The summed E-state index contributed by atoms with van der Waals surface area (Å²) in [7, 11) is 0. The predicted molar refractivity (Wildman–Crippen MR) is 154 cm³/mol. The van der Waals surface area contributed by atoms with Gasteiger partial charge in [0.1, 0.15) is 18.1 Å². The highest BCUT2D eigenvalue weighted by molar-refractivity contribution is 6.46. The molecule has 1 atom stereocenters. The Morgan fingerprint density at radius 3 is 2.40 bits per heavy atom. The molecule has 2 heterocycles. The van der Waals surface area contributed by atoms with Crippen LogP contribution >= 0.6 is 0 Å². The lowest BCUT2D eigenvalue weighted by Gasteiger charge is -2.29. The molecule has 208 valence electrons. The van der Waals surface area contributed by atoms with Gasteiger partial charge in [0.25, 0.3) is 11.7 Å². The van der Waals surface area contributed by atoms with Crippen molar-refractivity contribution in [3.8, 4) is 5.75 Å². The van der Waals surface area contributed by atoms with Gasteiger partial charge in [-0.05, 0) is 55.2 Å². The standard InChI is InChI=1S/C33H36N2O5/c1-23-9-10-24(2)28(21-23)31(36)29-30(26-11-13-27(14-12-26)40-22-25-7-4-3-5-8-25)35(33(38)32(29)37)16-6-15-34-17-19-39-20-18-34/h3-5,7-14,21,30,36H,6,15-20,22H2,1-2H3/b31-29+. The van der Waals surface area contributed by atoms with Crippen LogP contribution in [0.3, 0.4) is 0 Å². The van der Waals surface area contributed by atoms with E-state index in [9.17, 15) is 14.7 Å². The van der Waals surface area contributed by atoms with Crippen LogP contribution in [-0.2, 0) is 20.9 Å². The summed E-state index contributed by atoms with van der Waals surface area (Å²) in [6.07, 6.45) is 0.714. The molecule has 40 heavy (non-hydrogen) atoms. The minimum absolute atomic E-state index is 0.128. The van der Waals surface area contributed by atoms with Crippen molar-refractivity contribution in [2.24, 2.45) is 0 Å². The van der Waals surface area contributed by atoms with Crippen LogP contribution in [0.4, 0.5) is 0 Å². The molecule has 2 saturated heterocycles. The van der Waals surface area contributed by atoms with E-state index >= 15 is 0 Å². The molecule has 0 radical (unpaired) electrons. The number of aliphatic hydroxyl groups is 1. The number of benzene rings is 3. The second-order valence-electron chi connectivity index (χ2n) is 10.5. The van der Waals surface area contributed by atoms with Gasteiger partial charge in [0, 0.05) is 31.7 Å². The summed E-state index contributed by atoms with van der Waals surface area (Å²) < 4.78 is 11.4. The van der Waals surface area contributed by atoms with Gasteiger partial charge in [0.15, 0.2) is 0 Å². The zero-order chi connectivity index (χ0) is 28.1. The number of hydrogen-bond acceptors (Lipinski definition) is 6. The third kappa shape index (κ3) is 6.11. The first kappa shape index (κ1) is 27.6. The van der Waals surface area contributed by atoms with Crippen molar-refractivity contribution in [2.45, 2.75) is 32.9 Å². The SMILES string of the molecule is Cc1ccc(C)c(/C(O)=C2\C(=O)C(=O)N(CCCN3CCOCC3)C2c2ccc(OCc3ccccc3)cc2)c1. The van der Waals surface area contributed by atoms with Crippen LogP contribution in [0.15, 0.2) is 78.4 Å². The maximum Gasteiger partial charge on any atom is 0.295 e. The molecule has 5 rings (SSSR count). The zero-order valence-electron chi connectivity index (χ0n) is 23.1. The van der Waals surface area contributed by atoms with Crippen LogP contribution in [0.2, 0.25) is 0 Å². The molecular weight excluding hydrogens is 504 g/mol. The van der Waals surface area contributed by atoms with E-state index in [1.54, 1.807) is 4.90 Å². The second kappa shape index (κ2) is 12.5. The monoisotopic (exact) mass is 540 g/mol. The summed E-state index contributed by atoms with van der Waals surface area (Å²) in [5, 5.41) is 11.5. The van der Waals surface area contributed by atoms with Gasteiger partial charge in [-0.3, -0.25) is 14.5 Å².